The number of halogens is 1. The predicted molar refractivity (Wildman–Crippen MR) is 111 cm³/mol. The van der Waals surface area contributed by atoms with Crippen LogP contribution in [0.5, 0.6) is 11.5 Å². The van der Waals surface area contributed by atoms with Crippen LogP contribution < -0.4 is 14.9 Å². The molecule has 0 aliphatic heterocycles. The van der Waals surface area contributed by atoms with Crippen molar-refractivity contribution >= 4 is 34.0 Å². The zero-order valence-electron chi connectivity index (χ0n) is 15.3. The van der Waals surface area contributed by atoms with Crippen LogP contribution in [0.3, 0.4) is 0 Å². The summed E-state index contributed by atoms with van der Waals surface area (Å²) in [6.45, 7) is 0. The Morgan fingerprint density at radius 2 is 1.83 bits per heavy atom. The lowest BCUT2D eigenvalue weighted by Gasteiger charge is -2.10. The van der Waals surface area contributed by atoms with E-state index in [0.29, 0.717) is 26.9 Å². The highest BCUT2D eigenvalue weighted by molar-refractivity contribution is 9.10. The lowest BCUT2D eigenvalue weighted by molar-refractivity contribution is 0.0729. The molecule has 1 heterocycles. The van der Waals surface area contributed by atoms with Crippen LogP contribution in [0.4, 0.5) is 0 Å². The molecule has 0 saturated carbocycles. The maximum absolute atomic E-state index is 12.2. The smallest absolute Gasteiger partial charge is 0.343 e. The highest BCUT2D eigenvalue weighted by Gasteiger charge is 2.12. The van der Waals surface area contributed by atoms with Gasteiger partial charge in [0.15, 0.2) is 11.5 Å². The van der Waals surface area contributed by atoms with E-state index in [1.54, 1.807) is 54.7 Å². The van der Waals surface area contributed by atoms with Crippen LogP contribution in [0, 0.1) is 0 Å². The van der Waals surface area contributed by atoms with Crippen molar-refractivity contribution in [1.82, 2.24) is 10.4 Å². The summed E-state index contributed by atoms with van der Waals surface area (Å²) in [5, 5.41) is 3.93. The number of rotatable bonds is 6. The van der Waals surface area contributed by atoms with Crippen molar-refractivity contribution in [2.75, 3.05) is 7.11 Å². The van der Waals surface area contributed by atoms with Gasteiger partial charge in [-0.2, -0.15) is 5.10 Å². The van der Waals surface area contributed by atoms with Crippen molar-refractivity contribution in [3.63, 3.8) is 0 Å². The number of ether oxygens (including phenoxy) is 2. The van der Waals surface area contributed by atoms with E-state index in [-0.39, 0.29) is 5.75 Å². The molecule has 0 saturated heterocycles. The molecule has 0 aliphatic rings. The maximum Gasteiger partial charge on any atom is 0.343 e. The first-order valence-corrected chi connectivity index (χ1v) is 9.25. The number of hydrogen-bond donors (Lipinski definition) is 1. The number of hydrazone groups is 1. The van der Waals surface area contributed by atoms with Crippen molar-refractivity contribution in [2.45, 2.75) is 0 Å². The van der Waals surface area contributed by atoms with Gasteiger partial charge in [-0.3, -0.25) is 9.78 Å². The van der Waals surface area contributed by atoms with Gasteiger partial charge in [0.2, 0.25) is 0 Å². The summed E-state index contributed by atoms with van der Waals surface area (Å²) in [4.78, 5) is 28.2. The van der Waals surface area contributed by atoms with Gasteiger partial charge in [-0.15, -0.1) is 0 Å². The average molecular weight is 454 g/mol. The van der Waals surface area contributed by atoms with Crippen LogP contribution in [0.2, 0.25) is 0 Å². The molecule has 0 radical (unpaired) electrons. The van der Waals surface area contributed by atoms with E-state index in [1.165, 1.54) is 19.5 Å². The quantitative estimate of drug-likeness (QED) is 0.265. The standard InChI is InChI=1S/C21H16BrN3O4/c1-28-19-9-14(11-24-25-20(26)16-10-17(22)13-23-12-16)7-8-18(19)29-21(27)15-5-3-2-4-6-15/h2-13H,1H3,(H,25,26)/b24-11-. The summed E-state index contributed by atoms with van der Waals surface area (Å²) >= 11 is 3.26. The second-order valence-electron chi connectivity index (χ2n) is 5.76. The SMILES string of the molecule is COc1cc(/C=N\NC(=O)c2cncc(Br)c2)ccc1OC(=O)c1ccccc1. The van der Waals surface area contributed by atoms with Crippen LogP contribution in [-0.2, 0) is 0 Å². The molecule has 29 heavy (non-hydrogen) atoms. The van der Waals surface area contributed by atoms with Gasteiger partial charge >= 0.3 is 5.97 Å². The highest BCUT2D eigenvalue weighted by Crippen LogP contribution is 2.28. The first-order chi connectivity index (χ1) is 14.1. The predicted octanol–water partition coefficient (Wildman–Crippen LogP) is 3.84. The lowest BCUT2D eigenvalue weighted by Crippen LogP contribution is -2.17. The van der Waals surface area contributed by atoms with Gasteiger partial charge in [-0.25, -0.2) is 10.2 Å². The van der Waals surface area contributed by atoms with E-state index in [9.17, 15) is 9.59 Å². The first-order valence-electron chi connectivity index (χ1n) is 8.46. The lowest BCUT2D eigenvalue weighted by atomic mass is 10.2. The van der Waals surface area contributed by atoms with E-state index in [2.05, 4.69) is 31.4 Å². The van der Waals surface area contributed by atoms with Crippen LogP contribution in [0.15, 0.2) is 76.6 Å². The number of carbonyl (C=O) groups excluding carboxylic acids is 2. The van der Waals surface area contributed by atoms with Crippen molar-refractivity contribution in [3.05, 3.63) is 88.2 Å². The monoisotopic (exact) mass is 453 g/mol. The Bertz CT molecular complexity index is 1050. The Balaban J connectivity index is 1.67. The van der Waals surface area contributed by atoms with E-state index >= 15 is 0 Å². The van der Waals surface area contributed by atoms with Gasteiger partial charge in [0.25, 0.3) is 5.91 Å². The van der Waals surface area contributed by atoms with Gasteiger partial charge in [0.05, 0.1) is 24.5 Å². The number of benzene rings is 2. The average Bonchev–Trinajstić information content (AvgIpc) is 2.75. The number of amides is 1. The van der Waals surface area contributed by atoms with Crippen LogP contribution >= 0.6 is 15.9 Å². The fourth-order valence-electron chi connectivity index (χ4n) is 2.35. The topological polar surface area (TPSA) is 89.9 Å². The number of carbonyl (C=O) groups is 2. The van der Waals surface area contributed by atoms with Crippen molar-refractivity contribution in [3.8, 4) is 11.5 Å². The molecule has 7 nitrogen and oxygen atoms in total. The molecule has 1 aromatic heterocycles. The number of aromatic nitrogens is 1. The Labute approximate surface area is 175 Å². The molecule has 0 bridgehead atoms. The molecule has 8 heteroatoms. The molecule has 0 aliphatic carbocycles. The summed E-state index contributed by atoms with van der Waals surface area (Å²) in [6.07, 6.45) is 4.47. The zero-order chi connectivity index (χ0) is 20.6. The number of nitrogens with zero attached hydrogens (tertiary/aromatic N) is 2. The van der Waals surface area contributed by atoms with Gasteiger partial charge in [0, 0.05) is 16.9 Å². The second kappa shape index (κ2) is 9.61. The zero-order valence-corrected chi connectivity index (χ0v) is 16.9. The van der Waals surface area contributed by atoms with E-state index in [1.807, 2.05) is 6.07 Å². The molecular formula is C21H16BrN3O4. The molecule has 146 valence electrons. The molecule has 3 rings (SSSR count). The Morgan fingerprint density at radius 1 is 1.03 bits per heavy atom. The highest BCUT2D eigenvalue weighted by atomic mass is 79.9. The van der Waals surface area contributed by atoms with Gasteiger partial charge in [-0.1, -0.05) is 18.2 Å². The molecule has 0 unspecified atom stereocenters. The minimum Gasteiger partial charge on any atom is -0.493 e. The van der Waals surface area contributed by atoms with Crippen LogP contribution in [0.25, 0.3) is 0 Å². The van der Waals surface area contributed by atoms with Gasteiger partial charge < -0.3 is 9.47 Å². The third-order valence-electron chi connectivity index (χ3n) is 3.75. The minimum absolute atomic E-state index is 0.280. The molecule has 1 amide bonds. The molecular weight excluding hydrogens is 438 g/mol. The number of esters is 1. The number of pyridine rings is 1. The van der Waals surface area contributed by atoms with E-state index in [0.717, 1.165) is 0 Å². The third-order valence-corrected chi connectivity index (χ3v) is 4.18. The summed E-state index contributed by atoms with van der Waals surface area (Å²) in [5.74, 6) is -0.237. The molecule has 2 aromatic carbocycles. The number of hydrogen-bond acceptors (Lipinski definition) is 6. The second-order valence-corrected chi connectivity index (χ2v) is 6.67. The Hall–Kier alpha value is -3.52. The van der Waals surface area contributed by atoms with Gasteiger partial charge in [-0.05, 0) is 57.9 Å². The summed E-state index contributed by atoms with van der Waals surface area (Å²) < 4.78 is 11.4. The molecule has 0 spiro atoms. The van der Waals surface area contributed by atoms with Gasteiger partial charge in [0.1, 0.15) is 0 Å². The normalized spacial score (nSPS) is 10.6. The maximum atomic E-state index is 12.2. The molecule has 0 atom stereocenters. The summed E-state index contributed by atoms with van der Waals surface area (Å²) in [7, 11) is 1.47. The first kappa shape index (κ1) is 20.2. The van der Waals surface area contributed by atoms with Crippen LogP contribution in [-0.4, -0.2) is 30.2 Å². The third kappa shape index (κ3) is 5.49. The summed E-state index contributed by atoms with van der Waals surface area (Å²) in [5.41, 5.74) is 3.88. The molecule has 3 aromatic rings. The Kier molecular flexibility index (Phi) is 6.70. The van der Waals surface area contributed by atoms with Crippen molar-refractivity contribution in [1.29, 1.82) is 0 Å². The van der Waals surface area contributed by atoms with Crippen molar-refractivity contribution < 1.29 is 19.1 Å². The summed E-state index contributed by atoms with van der Waals surface area (Å²) in [6, 6.07) is 15.2. The van der Waals surface area contributed by atoms with Crippen molar-refractivity contribution in [2.24, 2.45) is 5.10 Å². The number of nitrogens with one attached hydrogen (secondary N) is 1. The van der Waals surface area contributed by atoms with Crippen LogP contribution in [0.1, 0.15) is 26.3 Å². The van der Waals surface area contributed by atoms with E-state index in [4.69, 9.17) is 9.47 Å². The van der Waals surface area contributed by atoms with E-state index < -0.39 is 11.9 Å². The number of methoxy groups -OCH3 is 1. The molecule has 0 fully saturated rings. The fraction of sp³-hybridized carbons (Fsp3) is 0.0476. The largest absolute Gasteiger partial charge is 0.493 e. The molecule has 1 N–H and O–H groups in total. The fourth-order valence-corrected chi connectivity index (χ4v) is 2.71. The minimum atomic E-state index is -0.486. The Morgan fingerprint density at radius 3 is 2.55 bits per heavy atom.